The number of thiazole rings is 1. The highest BCUT2D eigenvalue weighted by atomic mass is 35.5. The summed E-state index contributed by atoms with van der Waals surface area (Å²) >= 11 is 6.97. The van der Waals surface area contributed by atoms with Crippen molar-refractivity contribution in [2.24, 2.45) is 0 Å². The van der Waals surface area contributed by atoms with Crippen LogP contribution in [0.1, 0.15) is 35.9 Å². The number of alkyl halides is 2. The molecule has 0 bridgehead atoms. The van der Waals surface area contributed by atoms with Gasteiger partial charge in [0.1, 0.15) is 23.6 Å². The molecule has 1 unspecified atom stereocenters. The second-order valence-electron chi connectivity index (χ2n) is 5.74. The normalized spacial score (nSPS) is 17.4. The summed E-state index contributed by atoms with van der Waals surface area (Å²) in [6.07, 6.45) is -1.18. The van der Waals surface area contributed by atoms with E-state index in [1.807, 2.05) is 17.0 Å². The van der Waals surface area contributed by atoms with E-state index in [1.54, 1.807) is 12.1 Å². The number of likely N-dealkylation sites (tertiary alicyclic amines) is 1. The second kappa shape index (κ2) is 8.09. The molecular weight excluding hydrogens is 368 g/mol. The van der Waals surface area contributed by atoms with Crippen molar-refractivity contribution in [2.45, 2.75) is 31.4 Å². The fourth-order valence-corrected chi connectivity index (χ4v) is 3.89. The molecular formula is C17H16ClF2N3OS. The number of hydrogen-bond donors (Lipinski definition) is 0. The molecule has 0 radical (unpaired) electrons. The fourth-order valence-electron chi connectivity index (χ4n) is 2.90. The van der Waals surface area contributed by atoms with Crippen molar-refractivity contribution in [2.75, 3.05) is 13.1 Å². The third-order valence-electron chi connectivity index (χ3n) is 4.16. The first kappa shape index (κ1) is 18.1. The average molecular weight is 384 g/mol. The van der Waals surface area contributed by atoms with E-state index in [2.05, 4.69) is 11.1 Å². The van der Waals surface area contributed by atoms with Crippen molar-refractivity contribution in [3.63, 3.8) is 0 Å². The molecule has 2 aromatic rings. The van der Waals surface area contributed by atoms with Gasteiger partial charge in [-0.2, -0.15) is 5.26 Å². The Hall–Kier alpha value is -1.75. The Bertz CT molecular complexity index is 739. The lowest BCUT2D eigenvalue weighted by atomic mass is 10.0. The molecule has 0 saturated carbocycles. The molecule has 1 aromatic heterocycles. The van der Waals surface area contributed by atoms with Gasteiger partial charge >= 0.3 is 0 Å². The molecule has 8 heteroatoms. The summed E-state index contributed by atoms with van der Waals surface area (Å²) in [7, 11) is 0. The molecule has 2 heterocycles. The number of hydrogen-bond acceptors (Lipinski definition) is 5. The summed E-state index contributed by atoms with van der Waals surface area (Å²) in [6, 6.07) is 8.64. The van der Waals surface area contributed by atoms with Gasteiger partial charge in [0.05, 0.1) is 16.5 Å². The van der Waals surface area contributed by atoms with Crippen molar-refractivity contribution in [3.05, 3.63) is 45.4 Å². The van der Waals surface area contributed by atoms with Gasteiger partial charge in [-0.05, 0) is 37.1 Å². The molecule has 1 aromatic carbocycles. The number of rotatable bonds is 5. The van der Waals surface area contributed by atoms with Crippen LogP contribution in [0.25, 0.3) is 0 Å². The molecule has 25 heavy (non-hydrogen) atoms. The largest absolute Gasteiger partial charge is 0.490 e. The van der Waals surface area contributed by atoms with E-state index in [1.165, 1.54) is 5.51 Å². The lowest BCUT2D eigenvalue weighted by Crippen LogP contribution is -2.40. The summed E-state index contributed by atoms with van der Waals surface area (Å²) in [5.74, 6) is 0.752. The van der Waals surface area contributed by atoms with Crippen molar-refractivity contribution in [1.29, 1.82) is 5.26 Å². The number of piperidine rings is 1. The molecule has 1 saturated heterocycles. The zero-order valence-corrected chi connectivity index (χ0v) is 14.8. The van der Waals surface area contributed by atoms with E-state index in [-0.39, 0.29) is 11.8 Å². The number of nitriles is 1. The number of ether oxygens (including phenoxy) is 1. The Labute approximate surface area is 153 Å². The maximum atomic E-state index is 13.0. The fraction of sp³-hybridized carbons (Fsp3) is 0.412. The minimum absolute atomic E-state index is 0.0350. The standard InChI is InChI=1S/C17H16ClF2N3OS/c18-11-1-3-12(4-2-11)24-13-5-7-23(8-6-13)14(9-21)16-15(17(19)20)22-10-25-16/h1-4,10,13-14,17H,5-8H2. The first-order valence-corrected chi connectivity index (χ1v) is 9.11. The maximum Gasteiger partial charge on any atom is 0.281 e. The number of halogens is 3. The summed E-state index contributed by atoms with van der Waals surface area (Å²) in [4.78, 5) is 5.97. The number of aromatic nitrogens is 1. The highest BCUT2D eigenvalue weighted by molar-refractivity contribution is 7.09. The minimum atomic E-state index is -2.66. The van der Waals surface area contributed by atoms with Crippen LogP contribution in [0.15, 0.2) is 29.8 Å². The van der Waals surface area contributed by atoms with Gasteiger partial charge in [-0.25, -0.2) is 13.8 Å². The van der Waals surface area contributed by atoms with Crippen LogP contribution in [0.5, 0.6) is 5.75 Å². The SMILES string of the molecule is N#CC(c1scnc1C(F)F)N1CCC(Oc2ccc(Cl)cc2)CC1. The van der Waals surface area contributed by atoms with Crippen molar-refractivity contribution < 1.29 is 13.5 Å². The van der Waals surface area contributed by atoms with E-state index in [0.717, 1.165) is 29.9 Å². The summed E-state index contributed by atoms with van der Waals surface area (Å²) < 4.78 is 32.0. The van der Waals surface area contributed by atoms with E-state index in [9.17, 15) is 14.0 Å². The first-order chi connectivity index (χ1) is 12.1. The minimum Gasteiger partial charge on any atom is -0.490 e. The van der Waals surface area contributed by atoms with Crippen molar-refractivity contribution in [3.8, 4) is 11.8 Å². The quantitative estimate of drug-likeness (QED) is 0.741. The van der Waals surface area contributed by atoms with Crippen LogP contribution in [0, 0.1) is 11.3 Å². The summed E-state index contributed by atoms with van der Waals surface area (Å²) in [6.45, 7) is 1.22. The smallest absolute Gasteiger partial charge is 0.281 e. The molecule has 0 spiro atoms. The predicted molar refractivity (Wildman–Crippen MR) is 92.1 cm³/mol. The monoisotopic (exact) mass is 383 g/mol. The lowest BCUT2D eigenvalue weighted by Gasteiger charge is -2.34. The second-order valence-corrected chi connectivity index (χ2v) is 7.06. The van der Waals surface area contributed by atoms with Gasteiger partial charge in [-0.1, -0.05) is 11.6 Å². The van der Waals surface area contributed by atoms with Crippen LogP contribution in [0.2, 0.25) is 5.02 Å². The molecule has 4 nitrogen and oxygen atoms in total. The maximum absolute atomic E-state index is 13.0. The molecule has 132 valence electrons. The Morgan fingerprint density at radius 1 is 1.28 bits per heavy atom. The van der Waals surface area contributed by atoms with Crippen LogP contribution in [-0.2, 0) is 0 Å². The molecule has 1 aliphatic heterocycles. The van der Waals surface area contributed by atoms with Gasteiger partial charge in [0.25, 0.3) is 6.43 Å². The molecule has 1 aliphatic rings. The van der Waals surface area contributed by atoms with Gasteiger partial charge in [0, 0.05) is 18.1 Å². The van der Waals surface area contributed by atoms with Crippen LogP contribution in [0.3, 0.4) is 0 Å². The van der Waals surface area contributed by atoms with Gasteiger partial charge in [0.2, 0.25) is 0 Å². The number of nitrogens with zero attached hydrogens (tertiary/aromatic N) is 3. The zero-order valence-electron chi connectivity index (χ0n) is 13.2. The Kier molecular flexibility index (Phi) is 5.84. The van der Waals surface area contributed by atoms with Crippen molar-refractivity contribution in [1.82, 2.24) is 9.88 Å². The Balaban J connectivity index is 1.61. The Morgan fingerprint density at radius 2 is 1.96 bits per heavy atom. The van der Waals surface area contributed by atoms with Gasteiger partial charge in [-0.3, -0.25) is 4.90 Å². The van der Waals surface area contributed by atoms with Crippen LogP contribution in [-0.4, -0.2) is 29.1 Å². The highest BCUT2D eigenvalue weighted by Gasteiger charge is 2.31. The first-order valence-electron chi connectivity index (χ1n) is 7.86. The van der Waals surface area contributed by atoms with Crippen LogP contribution in [0.4, 0.5) is 8.78 Å². The van der Waals surface area contributed by atoms with E-state index >= 15 is 0 Å². The molecule has 0 aliphatic carbocycles. The zero-order chi connectivity index (χ0) is 17.8. The third-order valence-corrected chi connectivity index (χ3v) is 5.31. The molecule has 1 fully saturated rings. The van der Waals surface area contributed by atoms with Crippen LogP contribution < -0.4 is 4.74 Å². The lowest BCUT2D eigenvalue weighted by molar-refractivity contribution is 0.0866. The van der Waals surface area contributed by atoms with E-state index in [0.29, 0.717) is 23.0 Å². The summed E-state index contributed by atoms with van der Waals surface area (Å²) in [5, 5.41) is 10.1. The van der Waals surface area contributed by atoms with Gasteiger partial charge < -0.3 is 4.74 Å². The van der Waals surface area contributed by atoms with Crippen molar-refractivity contribution >= 4 is 22.9 Å². The molecule has 3 rings (SSSR count). The summed E-state index contributed by atoms with van der Waals surface area (Å²) in [5.41, 5.74) is 1.09. The van der Waals surface area contributed by atoms with Gasteiger partial charge in [-0.15, -0.1) is 11.3 Å². The topological polar surface area (TPSA) is 49.2 Å². The predicted octanol–water partition coefficient (Wildman–Crippen LogP) is 4.84. The van der Waals surface area contributed by atoms with E-state index in [4.69, 9.17) is 16.3 Å². The average Bonchev–Trinajstić information content (AvgIpc) is 3.09. The molecule has 0 amide bonds. The van der Waals surface area contributed by atoms with E-state index < -0.39 is 12.5 Å². The molecule has 0 N–H and O–H groups in total. The Morgan fingerprint density at radius 3 is 2.56 bits per heavy atom. The molecule has 1 atom stereocenters. The highest BCUT2D eigenvalue weighted by Crippen LogP contribution is 2.34. The number of benzene rings is 1. The van der Waals surface area contributed by atoms with Crippen LogP contribution >= 0.6 is 22.9 Å². The van der Waals surface area contributed by atoms with Gasteiger partial charge in [0.15, 0.2) is 0 Å². The third kappa shape index (κ3) is 4.27.